The van der Waals surface area contributed by atoms with Gasteiger partial charge in [-0.2, -0.15) is 30.6 Å². The Balaban J connectivity index is 2.00. The van der Waals surface area contributed by atoms with E-state index in [1.807, 2.05) is 0 Å². The van der Waals surface area contributed by atoms with Crippen molar-refractivity contribution < 1.29 is 26.7 Å². The number of piperidine rings is 1. The summed E-state index contributed by atoms with van der Waals surface area (Å²) in [6.07, 6.45) is -4.03. The number of halogens is 3. The molecule has 0 amide bonds. The van der Waals surface area contributed by atoms with Crippen LogP contribution < -0.4 is 4.72 Å². The van der Waals surface area contributed by atoms with Crippen molar-refractivity contribution in [2.75, 3.05) is 19.7 Å². The molecule has 112 valence electrons. The molecule has 2 N–H and O–H groups in total. The molecule has 2 rings (SSSR count). The van der Waals surface area contributed by atoms with Crippen molar-refractivity contribution >= 4 is 10.2 Å². The normalized spacial score (nSPS) is 25.5. The summed E-state index contributed by atoms with van der Waals surface area (Å²) in [7, 11) is -4.11. The summed E-state index contributed by atoms with van der Waals surface area (Å²) < 4.78 is 64.9. The van der Waals surface area contributed by atoms with Crippen LogP contribution in [0.3, 0.4) is 0 Å². The van der Waals surface area contributed by atoms with E-state index in [4.69, 9.17) is 5.11 Å². The van der Waals surface area contributed by atoms with Crippen molar-refractivity contribution in [2.45, 2.75) is 37.4 Å². The fraction of sp³-hybridized carbons (Fsp3) is 1.00. The van der Waals surface area contributed by atoms with E-state index in [-0.39, 0.29) is 38.5 Å². The average Bonchev–Trinajstić information content (AvgIpc) is 3.09. The van der Waals surface area contributed by atoms with Crippen molar-refractivity contribution in [3.05, 3.63) is 0 Å². The maximum Gasteiger partial charge on any atom is 0.407 e. The van der Waals surface area contributed by atoms with Crippen molar-refractivity contribution in [3.63, 3.8) is 0 Å². The first kappa shape index (κ1) is 15.0. The lowest BCUT2D eigenvalue weighted by molar-refractivity contribution is -0.161. The van der Waals surface area contributed by atoms with Gasteiger partial charge in [-0.15, -0.1) is 0 Å². The molecule has 19 heavy (non-hydrogen) atoms. The van der Waals surface area contributed by atoms with Gasteiger partial charge in [0, 0.05) is 19.7 Å². The lowest BCUT2D eigenvalue weighted by atomic mass is 10.00. The number of hydrogen-bond donors (Lipinski definition) is 2. The van der Waals surface area contributed by atoms with Gasteiger partial charge >= 0.3 is 6.18 Å². The second kappa shape index (κ2) is 4.87. The molecule has 0 aromatic heterocycles. The molecular formula is C10H17F3N2O3S. The van der Waals surface area contributed by atoms with E-state index in [1.54, 1.807) is 4.72 Å². The zero-order valence-electron chi connectivity index (χ0n) is 10.3. The fourth-order valence-electron chi connectivity index (χ4n) is 2.21. The van der Waals surface area contributed by atoms with Crippen molar-refractivity contribution in [3.8, 4) is 0 Å². The van der Waals surface area contributed by atoms with Crippen molar-refractivity contribution in [1.29, 1.82) is 0 Å². The Kier molecular flexibility index (Phi) is 3.85. The summed E-state index contributed by atoms with van der Waals surface area (Å²) in [4.78, 5) is 0. The lowest BCUT2D eigenvalue weighted by Crippen LogP contribution is -2.54. The topological polar surface area (TPSA) is 69.6 Å². The van der Waals surface area contributed by atoms with Crippen LogP contribution in [-0.4, -0.2) is 49.2 Å². The van der Waals surface area contributed by atoms with E-state index in [9.17, 15) is 21.6 Å². The van der Waals surface area contributed by atoms with Gasteiger partial charge in [-0.05, 0) is 31.6 Å². The predicted molar refractivity (Wildman–Crippen MR) is 61.5 cm³/mol. The third-order valence-electron chi connectivity index (χ3n) is 3.79. The molecule has 0 atom stereocenters. The van der Waals surface area contributed by atoms with E-state index in [0.29, 0.717) is 12.8 Å². The molecule has 1 heterocycles. The zero-order valence-corrected chi connectivity index (χ0v) is 11.1. The summed E-state index contributed by atoms with van der Waals surface area (Å²) in [5.41, 5.74) is -2.26. The summed E-state index contributed by atoms with van der Waals surface area (Å²) in [6.45, 7) is 0.275. The molecule has 9 heteroatoms. The number of hydrogen-bond acceptors (Lipinski definition) is 3. The molecule has 2 fully saturated rings. The van der Waals surface area contributed by atoms with Crippen LogP contribution in [-0.2, 0) is 10.2 Å². The molecule has 0 aromatic carbocycles. The molecule has 0 spiro atoms. The highest BCUT2D eigenvalue weighted by atomic mass is 32.2. The van der Waals surface area contributed by atoms with Gasteiger partial charge in [-0.25, -0.2) is 0 Å². The van der Waals surface area contributed by atoms with Gasteiger partial charge in [0.05, 0.1) is 0 Å². The Hall–Kier alpha value is -0.380. The molecule has 1 aliphatic carbocycles. The third-order valence-corrected chi connectivity index (χ3v) is 5.48. The third kappa shape index (κ3) is 3.04. The number of alkyl halides is 3. The van der Waals surface area contributed by atoms with Gasteiger partial charge in [0.15, 0.2) is 0 Å². The molecule has 1 saturated heterocycles. The standard InChI is InChI=1S/C10H17F3N2O3S/c11-10(12,13)9(3-4-9)14-19(17,18)15-5-1-8(7-16)2-6-15/h8,14,16H,1-7H2. The first-order valence-electron chi connectivity index (χ1n) is 6.17. The highest BCUT2D eigenvalue weighted by molar-refractivity contribution is 7.87. The predicted octanol–water partition coefficient (Wildman–Crippen LogP) is 0.620. The highest BCUT2D eigenvalue weighted by Crippen LogP contribution is 2.49. The van der Waals surface area contributed by atoms with Crippen LogP contribution in [0.2, 0.25) is 0 Å². The van der Waals surface area contributed by atoms with E-state index in [0.717, 1.165) is 4.31 Å². The molecule has 1 aliphatic heterocycles. The van der Waals surface area contributed by atoms with Gasteiger partial charge in [-0.3, -0.25) is 0 Å². The Morgan fingerprint density at radius 2 is 1.79 bits per heavy atom. The van der Waals surface area contributed by atoms with Gasteiger partial charge in [-0.1, -0.05) is 0 Å². The highest BCUT2D eigenvalue weighted by Gasteiger charge is 2.65. The first-order chi connectivity index (χ1) is 8.70. The molecule has 0 radical (unpaired) electrons. The smallest absolute Gasteiger partial charge is 0.396 e. The van der Waals surface area contributed by atoms with Crippen LogP contribution in [0.4, 0.5) is 13.2 Å². The average molecular weight is 302 g/mol. The van der Waals surface area contributed by atoms with E-state index < -0.39 is 21.9 Å². The van der Waals surface area contributed by atoms with E-state index in [1.165, 1.54) is 0 Å². The monoisotopic (exact) mass is 302 g/mol. The molecule has 0 aromatic rings. The summed E-state index contributed by atoms with van der Waals surface area (Å²) >= 11 is 0. The second-order valence-corrected chi connectivity index (χ2v) is 6.88. The van der Waals surface area contributed by atoms with E-state index >= 15 is 0 Å². The van der Waals surface area contributed by atoms with Crippen LogP contribution in [0.15, 0.2) is 0 Å². The minimum atomic E-state index is -4.55. The van der Waals surface area contributed by atoms with Crippen LogP contribution in [0.5, 0.6) is 0 Å². The minimum absolute atomic E-state index is 0.0200. The maximum absolute atomic E-state index is 12.7. The molecule has 2 aliphatic rings. The molecule has 1 saturated carbocycles. The Labute approximate surface area is 110 Å². The zero-order chi connectivity index (χ0) is 14.3. The van der Waals surface area contributed by atoms with Gasteiger partial charge in [0.25, 0.3) is 10.2 Å². The second-order valence-electron chi connectivity index (χ2n) is 5.21. The summed E-state index contributed by atoms with van der Waals surface area (Å²) in [6, 6.07) is 0. The van der Waals surface area contributed by atoms with Gasteiger partial charge < -0.3 is 5.11 Å². The van der Waals surface area contributed by atoms with Crippen LogP contribution in [0.25, 0.3) is 0 Å². The van der Waals surface area contributed by atoms with Gasteiger partial charge in [0.2, 0.25) is 0 Å². The number of rotatable bonds is 4. The SMILES string of the molecule is O=S(=O)(NC1(C(F)(F)F)CC1)N1CCC(CO)CC1. The Morgan fingerprint density at radius 1 is 1.26 bits per heavy atom. The van der Waals surface area contributed by atoms with E-state index in [2.05, 4.69) is 0 Å². The lowest BCUT2D eigenvalue weighted by Gasteiger charge is -2.32. The quantitative estimate of drug-likeness (QED) is 0.800. The first-order valence-corrected chi connectivity index (χ1v) is 7.61. The fourth-order valence-corrected chi connectivity index (χ4v) is 3.85. The molecule has 0 bridgehead atoms. The number of aliphatic hydroxyl groups excluding tert-OH is 1. The molecule has 0 unspecified atom stereocenters. The summed E-state index contributed by atoms with van der Waals surface area (Å²) in [5.74, 6) is 0.0314. The Morgan fingerprint density at radius 3 is 2.16 bits per heavy atom. The Bertz CT molecular complexity index is 426. The number of nitrogens with zero attached hydrogens (tertiary/aromatic N) is 1. The molecule has 5 nitrogen and oxygen atoms in total. The van der Waals surface area contributed by atoms with Crippen LogP contribution >= 0.6 is 0 Å². The summed E-state index contributed by atoms with van der Waals surface area (Å²) in [5, 5.41) is 8.95. The molecular weight excluding hydrogens is 285 g/mol. The van der Waals surface area contributed by atoms with Crippen molar-refractivity contribution in [1.82, 2.24) is 9.03 Å². The van der Waals surface area contributed by atoms with Gasteiger partial charge in [0.1, 0.15) is 5.54 Å². The van der Waals surface area contributed by atoms with Crippen LogP contribution in [0, 0.1) is 5.92 Å². The maximum atomic E-state index is 12.7. The largest absolute Gasteiger partial charge is 0.407 e. The van der Waals surface area contributed by atoms with Crippen molar-refractivity contribution in [2.24, 2.45) is 5.92 Å². The van der Waals surface area contributed by atoms with Crippen LogP contribution in [0.1, 0.15) is 25.7 Å². The number of nitrogens with one attached hydrogen (secondary N) is 1. The number of aliphatic hydroxyl groups is 1. The minimum Gasteiger partial charge on any atom is -0.396 e.